The van der Waals surface area contributed by atoms with E-state index in [9.17, 15) is 5.11 Å². The molecule has 2 atom stereocenters. The maximum absolute atomic E-state index is 10.3. The Balaban J connectivity index is 1.45. The number of nitrogens with zero attached hydrogens (tertiary/aromatic N) is 5. The molecular weight excluding hydrogens is 310 g/mol. The molecule has 1 saturated heterocycles. The number of thiazole rings is 1. The summed E-state index contributed by atoms with van der Waals surface area (Å²) in [4.78, 5) is 9.66. The molecule has 0 bridgehead atoms. The Morgan fingerprint density at radius 2 is 1.87 bits per heavy atom. The van der Waals surface area contributed by atoms with Crippen molar-refractivity contribution in [2.75, 3.05) is 31.1 Å². The number of fused-ring (bicyclic) bond motifs is 1. The van der Waals surface area contributed by atoms with E-state index in [1.54, 1.807) is 11.3 Å². The lowest BCUT2D eigenvalue weighted by Gasteiger charge is -2.42. The molecule has 2 aromatic rings. The molecule has 2 aliphatic rings. The Morgan fingerprint density at radius 1 is 1.13 bits per heavy atom. The molecule has 1 aliphatic heterocycles. The highest BCUT2D eigenvalue weighted by atomic mass is 32.1. The summed E-state index contributed by atoms with van der Waals surface area (Å²) in [6.07, 6.45) is 4.41. The first-order valence-electron chi connectivity index (χ1n) is 8.60. The molecule has 23 heavy (non-hydrogen) atoms. The van der Waals surface area contributed by atoms with E-state index in [2.05, 4.69) is 14.9 Å². The average Bonchev–Trinajstić information content (AvgIpc) is 3.10. The number of hydrogen-bond acceptors (Lipinski definition) is 6. The predicted octanol–water partition coefficient (Wildman–Crippen LogP) is 1.76. The summed E-state index contributed by atoms with van der Waals surface area (Å²) in [6, 6.07) is 0.368. The Kier molecular flexibility index (Phi) is 4.03. The van der Waals surface area contributed by atoms with Gasteiger partial charge in [0.1, 0.15) is 0 Å². The Hall–Kier alpha value is -1.18. The van der Waals surface area contributed by atoms with Gasteiger partial charge >= 0.3 is 0 Å². The molecule has 3 heterocycles. The SMILES string of the molecule is Cc1nn(C)c2nc(N3CCN([C@@H]4CCCC[C@H]4O)CC3)sc12. The van der Waals surface area contributed by atoms with Gasteiger partial charge in [0.25, 0.3) is 0 Å². The summed E-state index contributed by atoms with van der Waals surface area (Å²) >= 11 is 1.75. The summed E-state index contributed by atoms with van der Waals surface area (Å²) in [5, 5.41) is 15.8. The molecule has 1 N–H and O–H groups in total. The number of piperazine rings is 1. The topological polar surface area (TPSA) is 57.4 Å². The van der Waals surface area contributed by atoms with Gasteiger partial charge in [-0.25, -0.2) is 9.67 Å². The van der Waals surface area contributed by atoms with Gasteiger partial charge in [0, 0.05) is 39.3 Å². The molecular formula is C16H25N5OS. The van der Waals surface area contributed by atoms with Crippen LogP contribution in [-0.2, 0) is 7.05 Å². The van der Waals surface area contributed by atoms with Crippen molar-refractivity contribution in [2.45, 2.75) is 44.8 Å². The lowest BCUT2D eigenvalue weighted by Crippen LogP contribution is -2.54. The third-order valence-electron chi connectivity index (χ3n) is 5.28. The molecule has 2 aromatic heterocycles. The highest BCUT2D eigenvalue weighted by Gasteiger charge is 2.31. The third-order valence-corrected chi connectivity index (χ3v) is 6.50. The molecule has 0 unspecified atom stereocenters. The zero-order chi connectivity index (χ0) is 16.0. The van der Waals surface area contributed by atoms with Crippen LogP contribution < -0.4 is 4.90 Å². The van der Waals surface area contributed by atoms with E-state index in [1.807, 2.05) is 18.7 Å². The molecule has 0 aromatic carbocycles. The van der Waals surface area contributed by atoms with Crippen molar-refractivity contribution in [3.63, 3.8) is 0 Å². The van der Waals surface area contributed by atoms with Gasteiger partial charge in [0.05, 0.1) is 16.5 Å². The highest BCUT2D eigenvalue weighted by molar-refractivity contribution is 7.22. The average molecular weight is 335 g/mol. The van der Waals surface area contributed by atoms with Crippen LogP contribution in [0.25, 0.3) is 10.3 Å². The molecule has 1 saturated carbocycles. The van der Waals surface area contributed by atoms with Crippen LogP contribution in [-0.4, -0.2) is 63.1 Å². The van der Waals surface area contributed by atoms with Gasteiger partial charge in [-0.1, -0.05) is 24.2 Å². The predicted molar refractivity (Wildman–Crippen MR) is 93.2 cm³/mol. The molecule has 0 spiro atoms. The van der Waals surface area contributed by atoms with Crippen molar-refractivity contribution in [2.24, 2.45) is 7.05 Å². The minimum Gasteiger partial charge on any atom is -0.391 e. The molecule has 7 heteroatoms. The molecule has 4 rings (SSSR count). The zero-order valence-electron chi connectivity index (χ0n) is 13.9. The van der Waals surface area contributed by atoms with Crippen molar-refractivity contribution >= 4 is 26.8 Å². The van der Waals surface area contributed by atoms with E-state index in [1.165, 1.54) is 17.5 Å². The molecule has 0 radical (unpaired) electrons. The third kappa shape index (κ3) is 2.75. The summed E-state index contributed by atoms with van der Waals surface area (Å²) in [5.74, 6) is 0. The molecule has 1 aliphatic carbocycles. The van der Waals surface area contributed by atoms with Gasteiger partial charge in [-0.3, -0.25) is 4.90 Å². The van der Waals surface area contributed by atoms with E-state index in [4.69, 9.17) is 4.98 Å². The van der Waals surface area contributed by atoms with Crippen LogP contribution in [0.3, 0.4) is 0 Å². The quantitative estimate of drug-likeness (QED) is 0.906. The van der Waals surface area contributed by atoms with Crippen LogP contribution in [0.4, 0.5) is 5.13 Å². The van der Waals surface area contributed by atoms with Crippen molar-refractivity contribution in [1.82, 2.24) is 19.7 Å². The number of rotatable bonds is 2. The van der Waals surface area contributed by atoms with Crippen LogP contribution >= 0.6 is 11.3 Å². The number of aliphatic hydroxyl groups excluding tert-OH is 1. The van der Waals surface area contributed by atoms with Crippen LogP contribution in [0.15, 0.2) is 0 Å². The molecule has 6 nitrogen and oxygen atoms in total. The fraction of sp³-hybridized carbons (Fsp3) is 0.750. The summed E-state index contributed by atoms with van der Waals surface area (Å²) in [7, 11) is 1.96. The number of aliphatic hydroxyl groups is 1. The van der Waals surface area contributed by atoms with E-state index in [0.717, 1.165) is 55.5 Å². The van der Waals surface area contributed by atoms with Gasteiger partial charge in [-0.2, -0.15) is 5.10 Å². The second-order valence-corrected chi connectivity index (χ2v) is 7.78. The fourth-order valence-electron chi connectivity index (χ4n) is 3.97. The first-order valence-corrected chi connectivity index (χ1v) is 9.42. The number of hydrogen-bond donors (Lipinski definition) is 1. The summed E-state index contributed by atoms with van der Waals surface area (Å²) in [6.45, 7) is 6.08. The fourth-order valence-corrected chi connectivity index (χ4v) is 5.06. The second kappa shape index (κ2) is 6.03. The smallest absolute Gasteiger partial charge is 0.188 e. The van der Waals surface area contributed by atoms with Crippen LogP contribution in [0.1, 0.15) is 31.4 Å². The first-order chi connectivity index (χ1) is 11.1. The Labute approximate surface area is 140 Å². The minimum absolute atomic E-state index is 0.133. The van der Waals surface area contributed by atoms with Crippen molar-refractivity contribution in [1.29, 1.82) is 0 Å². The number of anilines is 1. The highest BCUT2D eigenvalue weighted by Crippen LogP contribution is 2.32. The first kappa shape index (κ1) is 15.4. The lowest BCUT2D eigenvalue weighted by molar-refractivity contribution is 0.0173. The molecule has 2 fully saturated rings. The van der Waals surface area contributed by atoms with Gasteiger partial charge in [-0.15, -0.1) is 0 Å². The minimum atomic E-state index is -0.133. The number of aryl methyl sites for hydroxylation is 2. The molecule has 0 amide bonds. The summed E-state index contributed by atoms with van der Waals surface area (Å²) in [5.41, 5.74) is 2.06. The van der Waals surface area contributed by atoms with Gasteiger partial charge in [0.2, 0.25) is 0 Å². The normalized spacial score (nSPS) is 27.0. The Bertz CT molecular complexity index is 654. The standard InChI is InChI=1S/C16H25N5OS/c1-11-14-15(19(2)18-11)17-16(23-14)21-9-7-20(8-10-21)12-5-3-4-6-13(12)22/h12-13,22H,3-10H2,1-2H3/t12-,13-/m1/s1. The van der Waals surface area contributed by atoms with Gasteiger partial charge in [0.15, 0.2) is 10.8 Å². The number of aromatic nitrogens is 3. The summed E-state index contributed by atoms with van der Waals surface area (Å²) < 4.78 is 3.08. The van der Waals surface area contributed by atoms with E-state index in [0.29, 0.717) is 6.04 Å². The van der Waals surface area contributed by atoms with Crippen LogP contribution in [0.5, 0.6) is 0 Å². The second-order valence-electron chi connectivity index (χ2n) is 6.80. The van der Waals surface area contributed by atoms with Crippen molar-refractivity contribution in [3.8, 4) is 0 Å². The maximum Gasteiger partial charge on any atom is 0.188 e. The molecule has 126 valence electrons. The largest absolute Gasteiger partial charge is 0.391 e. The maximum atomic E-state index is 10.3. The van der Waals surface area contributed by atoms with Gasteiger partial charge < -0.3 is 10.0 Å². The van der Waals surface area contributed by atoms with E-state index >= 15 is 0 Å². The van der Waals surface area contributed by atoms with Crippen LogP contribution in [0, 0.1) is 6.92 Å². The van der Waals surface area contributed by atoms with E-state index < -0.39 is 0 Å². The van der Waals surface area contributed by atoms with E-state index in [-0.39, 0.29) is 6.10 Å². The van der Waals surface area contributed by atoms with Crippen molar-refractivity contribution in [3.05, 3.63) is 5.69 Å². The monoisotopic (exact) mass is 335 g/mol. The zero-order valence-corrected chi connectivity index (χ0v) is 14.7. The Morgan fingerprint density at radius 3 is 2.57 bits per heavy atom. The van der Waals surface area contributed by atoms with Crippen LogP contribution in [0.2, 0.25) is 0 Å². The van der Waals surface area contributed by atoms with Gasteiger partial charge in [-0.05, 0) is 19.8 Å². The van der Waals surface area contributed by atoms with Crippen molar-refractivity contribution < 1.29 is 5.11 Å². The lowest BCUT2D eigenvalue weighted by atomic mass is 9.91.